The Kier molecular flexibility index (Phi) is 26.3. The molecule has 0 unspecified atom stereocenters. The SMILES string of the molecule is Cc1ncsc1-c1ccc([C@H](C)NC(=O)[C@@H]2C[C@@H](O)CN2C(=O)[C@@H](c2cc(OCCN3CCC(CN4CCN5c6cc(-c7ccccc7O)nnc6N(C(=O)OCc6ccc(NC(=O)[C@H](CCCNC(N)=O)NC(=O)[C@@H](NC(=O)CCCCCN)C(C)C)cc6)C[C@H]5C4)CC3)no2)C(C)C)cc1. The number of hydrogen-bond acceptors (Lipinski definition) is 21. The van der Waals surface area contributed by atoms with Crippen LogP contribution in [0.2, 0.25) is 0 Å². The van der Waals surface area contributed by atoms with Crippen LogP contribution in [0.1, 0.15) is 127 Å². The lowest BCUT2D eigenvalue weighted by Gasteiger charge is -2.48. The first-order chi connectivity index (χ1) is 49.1. The summed E-state index contributed by atoms with van der Waals surface area (Å²) < 4.78 is 17.9. The van der Waals surface area contributed by atoms with E-state index in [1.807, 2.05) is 69.6 Å². The van der Waals surface area contributed by atoms with Gasteiger partial charge in [0.25, 0.3) is 5.88 Å². The highest BCUT2D eigenvalue weighted by molar-refractivity contribution is 7.13. The number of amides is 8. The Morgan fingerprint density at radius 3 is 2.28 bits per heavy atom. The third-order valence-electron chi connectivity index (χ3n) is 19.5. The van der Waals surface area contributed by atoms with Crippen LogP contribution >= 0.6 is 11.3 Å². The molecule has 3 aromatic heterocycles. The lowest BCUT2D eigenvalue weighted by Crippen LogP contribution is -2.61. The Morgan fingerprint density at radius 1 is 0.814 bits per heavy atom. The van der Waals surface area contributed by atoms with E-state index in [0.717, 1.165) is 73.6 Å². The fraction of sp³-hybridized carbons (Fsp3) is 0.521. The number of thiazole rings is 1. The monoisotopic (exact) mass is 1420 g/mol. The van der Waals surface area contributed by atoms with Gasteiger partial charge in [0, 0.05) is 76.0 Å². The number of ether oxygens (including phenoxy) is 2. The topological polar surface area (TPSA) is 371 Å². The van der Waals surface area contributed by atoms with Crippen molar-refractivity contribution in [3.8, 4) is 33.3 Å². The number of urea groups is 1. The molecule has 29 heteroatoms. The summed E-state index contributed by atoms with van der Waals surface area (Å²) in [5, 5.41) is 49.0. The lowest BCUT2D eigenvalue weighted by atomic mass is 9.91. The van der Waals surface area contributed by atoms with Crippen LogP contribution in [-0.4, -0.2) is 196 Å². The van der Waals surface area contributed by atoms with Gasteiger partial charge in [-0.05, 0) is 142 Å². The number of primary amides is 1. The van der Waals surface area contributed by atoms with Crippen molar-refractivity contribution >= 4 is 70.2 Å². The van der Waals surface area contributed by atoms with Crippen LogP contribution in [0, 0.1) is 24.7 Å². The highest BCUT2D eigenvalue weighted by Crippen LogP contribution is 2.40. The number of para-hydroxylation sites is 1. The Balaban J connectivity index is 0.704. The van der Waals surface area contributed by atoms with Crippen LogP contribution in [0.25, 0.3) is 21.7 Å². The van der Waals surface area contributed by atoms with Gasteiger partial charge in [-0.15, -0.1) is 21.5 Å². The van der Waals surface area contributed by atoms with Crippen LogP contribution in [0.4, 0.5) is 26.8 Å². The van der Waals surface area contributed by atoms with Gasteiger partial charge in [0.1, 0.15) is 43.0 Å². The largest absolute Gasteiger partial charge is 0.507 e. The molecule has 0 aliphatic carbocycles. The Hall–Kier alpha value is -9.29. The average Bonchev–Trinajstić information content (AvgIpc) is 1.30. The third kappa shape index (κ3) is 19.7. The zero-order chi connectivity index (χ0) is 72.6. The van der Waals surface area contributed by atoms with Gasteiger partial charge in [-0.2, -0.15) is 0 Å². The van der Waals surface area contributed by atoms with E-state index in [2.05, 4.69) is 61.6 Å². The molecule has 3 saturated heterocycles. The number of carbonyl (C=O) groups excluding carboxylic acids is 7. The van der Waals surface area contributed by atoms with E-state index in [9.17, 15) is 43.8 Å². The molecular weight excluding hydrogens is 1320 g/mol. The summed E-state index contributed by atoms with van der Waals surface area (Å²) in [6.45, 7) is 17.9. The molecule has 11 N–H and O–H groups in total. The number of aliphatic hydroxyl groups is 1. The second-order valence-electron chi connectivity index (χ2n) is 27.7. The average molecular weight is 1420 g/mol. The minimum absolute atomic E-state index is 0.0181. The van der Waals surface area contributed by atoms with Gasteiger partial charge in [0.2, 0.25) is 29.5 Å². The number of β-amino-alcohol motifs (C(OH)–C–C–N with tert-alkyl or cyclic N) is 1. The van der Waals surface area contributed by atoms with E-state index in [0.29, 0.717) is 91.3 Å². The predicted molar refractivity (Wildman–Crippen MR) is 386 cm³/mol. The highest BCUT2D eigenvalue weighted by atomic mass is 32.1. The molecule has 7 heterocycles. The number of nitrogens with one attached hydrogen (secondary N) is 5. The molecule has 4 aliphatic heterocycles. The van der Waals surface area contributed by atoms with Crippen LogP contribution in [0.15, 0.2) is 95.0 Å². The number of anilines is 3. The number of likely N-dealkylation sites (tertiary alicyclic amines) is 2. The molecule has 10 rings (SSSR count). The van der Waals surface area contributed by atoms with Gasteiger partial charge in [-0.25, -0.2) is 14.6 Å². The molecule has 0 radical (unpaired) electrons. The quantitative estimate of drug-likeness (QED) is 0.0202. The van der Waals surface area contributed by atoms with Gasteiger partial charge in [0.05, 0.1) is 52.2 Å². The Morgan fingerprint density at radius 2 is 1.58 bits per heavy atom. The molecule has 4 aliphatic rings. The Bertz CT molecular complexity index is 3830. The molecule has 548 valence electrons. The summed E-state index contributed by atoms with van der Waals surface area (Å²) in [5.74, 6) is -1.86. The number of fused-ring (bicyclic) bond motifs is 3. The van der Waals surface area contributed by atoms with Crippen molar-refractivity contribution < 1.29 is 57.8 Å². The maximum Gasteiger partial charge on any atom is 0.415 e. The number of aryl methyl sites for hydroxylation is 1. The molecule has 28 nitrogen and oxygen atoms in total. The van der Waals surface area contributed by atoms with Crippen molar-refractivity contribution in [2.24, 2.45) is 29.2 Å². The van der Waals surface area contributed by atoms with E-state index < -0.39 is 54.1 Å². The summed E-state index contributed by atoms with van der Waals surface area (Å²) in [4.78, 5) is 110. The Labute approximate surface area is 599 Å². The molecule has 102 heavy (non-hydrogen) atoms. The fourth-order valence-corrected chi connectivity index (χ4v) is 14.6. The predicted octanol–water partition coefficient (Wildman–Crippen LogP) is 6.82. The minimum atomic E-state index is -1.04. The molecule has 0 saturated carbocycles. The number of hydrogen-bond donors (Lipinski definition) is 9. The number of aromatic nitrogens is 4. The smallest absolute Gasteiger partial charge is 0.415 e. The number of carbonyl (C=O) groups is 7. The van der Waals surface area contributed by atoms with Crippen LogP contribution in [-0.2, 0) is 35.3 Å². The maximum absolute atomic E-state index is 14.4. The van der Waals surface area contributed by atoms with Gasteiger partial charge in [-0.3, -0.25) is 38.7 Å². The molecule has 0 spiro atoms. The van der Waals surface area contributed by atoms with Gasteiger partial charge < -0.3 is 72.1 Å². The van der Waals surface area contributed by atoms with E-state index >= 15 is 0 Å². The first-order valence-electron chi connectivity index (χ1n) is 35.5. The normalized spacial score (nSPS) is 18.4. The zero-order valence-corrected chi connectivity index (χ0v) is 59.9. The van der Waals surface area contributed by atoms with Crippen molar-refractivity contribution in [3.63, 3.8) is 0 Å². The van der Waals surface area contributed by atoms with E-state index in [4.69, 9.17) is 25.5 Å². The first kappa shape index (κ1) is 75.4. The molecule has 3 aromatic carbocycles. The standard InChI is InChI=1S/C73H98N16O12S/c1-44(2)64(71(96)88-41-54(90)35-59(88)69(94)78-46(5)50-19-21-51(22-20-50)66-47(6)77-43-102-66)61-37-63(84-101-61)99-34-33-85-29-25-48(26-30-85)38-86-31-32-87-53(39-86)40-89(67-58(87)36-57(82-83-67)55-13-9-10-15-60(55)91)73(98)100-42-49-17-23-52(24-18-49)79-68(93)56(14-12-28-76-72(75)97)80-70(95)65(45(3)4)81-62(92)16-8-7-11-27-74/h9-10,13,15,17-24,36-37,43-46,48,53-54,56,59,64-65,90-91H,7-8,11-12,14,16,25-35,38-42,74H2,1-6H3,(H,78,94)(H,79,93)(H,80,95)(H,81,92)(H3,75,76,97)/t46-,53+,54+,56-,59-,64+,65-/m0/s1. The second-order valence-corrected chi connectivity index (χ2v) is 28.6. The number of phenolic OH excluding ortho intramolecular Hbond substituents is 1. The van der Waals surface area contributed by atoms with Gasteiger partial charge in [0.15, 0.2) is 11.6 Å². The van der Waals surface area contributed by atoms with E-state index in [1.165, 1.54) is 9.80 Å². The number of nitrogens with two attached hydrogens (primary N) is 2. The summed E-state index contributed by atoms with van der Waals surface area (Å²) in [7, 11) is 0. The number of piperazine rings is 1. The number of unbranched alkanes of at least 4 members (excludes halogenated alkanes) is 2. The van der Waals surface area contributed by atoms with Crippen LogP contribution in [0.5, 0.6) is 11.6 Å². The molecule has 3 fully saturated rings. The molecule has 6 aromatic rings. The molecular formula is C73H98N16O12S. The summed E-state index contributed by atoms with van der Waals surface area (Å²) in [6.07, 6.45) is 3.48. The molecule has 8 amide bonds. The van der Waals surface area contributed by atoms with Gasteiger partial charge >= 0.3 is 12.1 Å². The number of aliphatic hydroxyl groups excluding tert-OH is 1. The van der Waals surface area contributed by atoms with Crippen LogP contribution < -0.4 is 52.6 Å². The maximum atomic E-state index is 14.4. The second kappa shape index (κ2) is 35.5. The summed E-state index contributed by atoms with van der Waals surface area (Å²) >= 11 is 1.58. The number of piperidine rings is 1. The van der Waals surface area contributed by atoms with Crippen molar-refractivity contribution in [1.29, 1.82) is 0 Å². The highest BCUT2D eigenvalue weighted by Gasteiger charge is 2.45. The van der Waals surface area contributed by atoms with Crippen molar-refractivity contribution in [2.75, 3.05) is 93.7 Å². The van der Waals surface area contributed by atoms with Crippen molar-refractivity contribution in [2.45, 2.75) is 148 Å². The number of nitrogens with zero attached hydrogens (tertiary/aromatic N) is 9. The minimum Gasteiger partial charge on any atom is -0.507 e. The van der Waals surface area contributed by atoms with Gasteiger partial charge in [-0.1, -0.05) is 82.6 Å². The lowest BCUT2D eigenvalue weighted by molar-refractivity contribution is -0.141. The van der Waals surface area contributed by atoms with E-state index in [1.54, 1.807) is 73.7 Å². The first-order valence-corrected chi connectivity index (χ1v) is 36.4. The summed E-state index contributed by atoms with van der Waals surface area (Å²) in [6, 6.07) is 21.2. The van der Waals surface area contributed by atoms with Crippen LogP contribution in [0.3, 0.4) is 0 Å². The summed E-state index contributed by atoms with van der Waals surface area (Å²) in [5.41, 5.74) is 18.3. The number of aromatic hydroxyl groups is 1. The number of rotatable bonds is 31. The zero-order valence-electron chi connectivity index (χ0n) is 59.1. The number of phenols is 1. The molecule has 7 atom stereocenters. The van der Waals surface area contributed by atoms with E-state index in [-0.39, 0.29) is 98.8 Å². The fourth-order valence-electron chi connectivity index (χ4n) is 13.8. The number of benzene rings is 3. The van der Waals surface area contributed by atoms with Crippen molar-refractivity contribution in [3.05, 3.63) is 113 Å². The van der Waals surface area contributed by atoms with Crippen molar-refractivity contribution in [1.82, 2.24) is 56.3 Å². The third-order valence-corrected chi connectivity index (χ3v) is 20.5. The molecule has 0 bridgehead atoms.